The number of imidazole rings is 1. The first-order valence-corrected chi connectivity index (χ1v) is 11.0. The molecular formula is C25H31N3O5. The van der Waals surface area contributed by atoms with Crippen molar-refractivity contribution in [3.8, 4) is 5.75 Å². The zero-order chi connectivity index (χ0) is 23.5. The van der Waals surface area contributed by atoms with Gasteiger partial charge in [0.25, 0.3) is 0 Å². The normalized spacial score (nSPS) is 20.0. The fourth-order valence-corrected chi connectivity index (χ4v) is 4.16. The number of carbonyl (C=O) groups is 1. The molecule has 8 heteroatoms. The summed E-state index contributed by atoms with van der Waals surface area (Å²) in [5.74, 6) is 1.20. The summed E-state index contributed by atoms with van der Waals surface area (Å²) >= 11 is 0. The molecule has 2 heterocycles. The van der Waals surface area contributed by atoms with E-state index in [1.54, 1.807) is 12.0 Å². The predicted octanol–water partition coefficient (Wildman–Crippen LogP) is 3.19. The van der Waals surface area contributed by atoms with Crippen molar-refractivity contribution in [3.05, 3.63) is 59.4 Å². The van der Waals surface area contributed by atoms with Crippen molar-refractivity contribution in [2.75, 3.05) is 41.0 Å². The minimum atomic E-state index is -0.675. The first-order chi connectivity index (χ1) is 15.9. The van der Waals surface area contributed by atoms with Gasteiger partial charge >= 0.3 is 5.97 Å². The summed E-state index contributed by atoms with van der Waals surface area (Å²) in [4.78, 5) is 19.3. The number of aromatic nitrogens is 2. The second-order valence-electron chi connectivity index (χ2n) is 8.50. The highest BCUT2D eigenvalue weighted by molar-refractivity contribution is 5.85. The van der Waals surface area contributed by atoms with Gasteiger partial charge in [-0.3, -0.25) is 9.69 Å². The number of aryl methyl sites for hydroxylation is 2. The number of esters is 1. The molecule has 0 spiro atoms. The molecule has 2 aromatic carbocycles. The molecule has 0 bridgehead atoms. The van der Waals surface area contributed by atoms with Crippen LogP contribution in [0.5, 0.6) is 5.75 Å². The number of ether oxygens (including phenoxy) is 4. The molecule has 0 saturated heterocycles. The fraction of sp³-hybridized carbons (Fsp3) is 0.440. The lowest BCUT2D eigenvalue weighted by atomic mass is 9.91. The number of carbonyl (C=O) groups excluding carboxylic acids is 1. The maximum atomic E-state index is 12.7. The molecule has 0 aliphatic carbocycles. The lowest BCUT2D eigenvalue weighted by molar-refractivity contribution is -0.173. The Labute approximate surface area is 194 Å². The maximum absolute atomic E-state index is 12.7. The van der Waals surface area contributed by atoms with Gasteiger partial charge in [-0.1, -0.05) is 36.4 Å². The lowest BCUT2D eigenvalue weighted by Crippen LogP contribution is -2.41. The number of methoxy groups -OCH3 is 1. The fourth-order valence-electron chi connectivity index (χ4n) is 4.16. The van der Waals surface area contributed by atoms with Crippen LogP contribution in [0.25, 0.3) is 11.0 Å². The number of hydrogen-bond donors (Lipinski definition) is 0. The van der Waals surface area contributed by atoms with Crippen LogP contribution in [0.15, 0.2) is 42.5 Å². The molecule has 3 aromatic rings. The molecule has 4 rings (SSSR count). The van der Waals surface area contributed by atoms with E-state index in [0.29, 0.717) is 19.0 Å². The average Bonchev–Trinajstić information content (AvgIpc) is 3.08. The van der Waals surface area contributed by atoms with Gasteiger partial charge in [-0.15, -0.1) is 0 Å². The molecule has 1 aromatic heterocycles. The van der Waals surface area contributed by atoms with Gasteiger partial charge in [0.15, 0.2) is 18.0 Å². The number of fused-ring (bicyclic) bond motifs is 3. The van der Waals surface area contributed by atoms with Crippen LogP contribution < -0.4 is 4.74 Å². The predicted molar refractivity (Wildman–Crippen MR) is 124 cm³/mol. The van der Waals surface area contributed by atoms with Crippen LogP contribution in [0.3, 0.4) is 0 Å². The third-order valence-corrected chi connectivity index (χ3v) is 5.83. The Balaban J connectivity index is 1.83. The van der Waals surface area contributed by atoms with E-state index in [2.05, 4.69) is 0 Å². The minimum Gasteiger partial charge on any atom is -0.479 e. The van der Waals surface area contributed by atoms with Crippen LogP contribution in [0.4, 0.5) is 0 Å². The van der Waals surface area contributed by atoms with Crippen molar-refractivity contribution in [1.29, 1.82) is 0 Å². The summed E-state index contributed by atoms with van der Waals surface area (Å²) in [6, 6.07) is 13.8. The van der Waals surface area contributed by atoms with Gasteiger partial charge in [-0.25, -0.2) is 4.98 Å². The van der Waals surface area contributed by atoms with Gasteiger partial charge in [-0.2, -0.15) is 0 Å². The van der Waals surface area contributed by atoms with E-state index >= 15 is 0 Å². The Morgan fingerprint density at radius 1 is 1.15 bits per heavy atom. The summed E-state index contributed by atoms with van der Waals surface area (Å²) in [7, 11) is 7.26. The van der Waals surface area contributed by atoms with Crippen molar-refractivity contribution < 1.29 is 23.7 Å². The Bertz CT molecular complexity index is 1110. The van der Waals surface area contributed by atoms with E-state index in [9.17, 15) is 4.79 Å². The van der Waals surface area contributed by atoms with Crippen molar-refractivity contribution in [1.82, 2.24) is 14.5 Å². The van der Waals surface area contributed by atoms with Gasteiger partial charge in [0.05, 0.1) is 25.3 Å². The molecule has 8 nitrogen and oxygen atoms in total. The van der Waals surface area contributed by atoms with Crippen molar-refractivity contribution in [2.45, 2.75) is 25.2 Å². The first-order valence-electron chi connectivity index (χ1n) is 11.0. The number of rotatable bonds is 8. The van der Waals surface area contributed by atoms with Crippen molar-refractivity contribution in [2.24, 2.45) is 7.05 Å². The molecule has 0 fully saturated rings. The summed E-state index contributed by atoms with van der Waals surface area (Å²) in [6.07, 6.45) is -1.76. The van der Waals surface area contributed by atoms with E-state index in [4.69, 9.17) is 23.9 Å². The number of nitrogens with zero attached hydrogens (tertiary/aromatic N) is 3. The Morgan fingerprint density at radius 3 is 2.61 bits per heavy atom. The molecule has 0 saturated carbocycles. The topological polar surface area (TPSA) is 75.0 Å². The molecular weight excluding hydrogens is 422 g/mol. The van der Waals surface area contributed by atoms with E-state index in [1.807, 2.05) is 75.1 Å². The van der Waals surface area contributed by atoms with Crippen LogP contribution in [0.1, 0.15) is 29.2 Å². The van der Waals surface area contributed by atoms with E-state index in [1.165, 1.54) is 0 Å². The van der Waals surface area contributed by atoms with E-state index in [-0.39, 0.29) is 12.5 Å². The smallest absolute Gasteiger partial charge is 0.320 e. The molecule has 0 amide bonds. The van der Waals surface area contributed by atoms with Crippen LogP contribution in [0, 0.1) is 6.92 Å². The Kier molecular flexibility index (Phi) is 6.97. The Morgan fingerprint density at radius 2 is 1.91 bits per heavy atom. The van der Waals surface area contributed by atoms with Crippen molar-refractivity contribution >= 4 is 17.0 Å². The third-order valence-electron chi connectivity index (χ3n) is 5.83. The van der Waals surface area contributed by atoms with Gasteiger partial charge in [0.1, 0.15) is 17.4 Å². The number of benzene rings is 2. The SMILES string of the molecule is COCCO[C@@H]1c2ccc3c(nc(C)n3C)c2O[C@H](c2ccccc2)[C@H]1OC(=O)CN(C)C. The molecule has 33 heavy (non-hydrogen) atoms. The van der Waals surface area contributed by atoms with Crippen LogP contribution >= 0.6 is 0 Å². The Hall–Kier alpha value is -2.94. The standard InChI is InChI=1S/C25H31N3O5/c1-16-26-21-19(28(16)4)12-11-18-23(21)33-22(17-9-7-6-8-10-17)25(24(18)31-14-13-30-5)32-20(29)15-27(2)3/h6-12,22,24-25H,13-15H2,1-5H3/t22-,24-,25-/m1/s1. The largest absolute Gasteiger partial charge is 0.479 e. The summed E-state index contributed by atoms with van der Waals surface area (Å²) in [5.41, 5.74) is 3.45. The molecule has 0 unspecified atom stereocenters. The minimum absolute atomic E-state index is 0.161. The summed E-state index contributed by atoms with van der Waals surface area (Å²) in [5, 5.41) is 0. The third kappa shape index (κ3) is 4.73. The van der Waals surface area contributed by atoms with Crippen LogP contribution in [0.2, 0.25) is 0 Å². The van der Waals surface area contributed by atoms with Gasteiger partial charge in [0, 0.05) is 19.7 Å². The zero-order valence-electron chi connectivity index (χ0n) is 19.8. The second kappa shape index (κ2) is 9.91. The quantitative estimate of drug-likeness (QED) is 0.383. The molecule has 1 aliphatic heterocycles. The molecule has 0 radical (unpaired) electrons. The van der Waals surface area contributed by atoms with Crippen molar-refractivity contribution in [3.63, 3.8) is 0 Å². The maximum Gasteiger partial charge on any atom is 0.320 e. The highest BCUT2D eigenvalue weighted by Crippen LogP contribution is 2.47. The monoisotopic (exact) mass is 453 g/mol. The highest BCUT2D eigenvalue weighted by Gasteiger charge is 2.44. The van der Waals surface area contributed by atoms with Crippen LogP contribution in [-0.4, -0.2) is 67.5 Å². The van der Waals surface area contributed by atoms with Gasteiger partial charge in [0.2, 0.25) is 0 Å². The van der Waals surface area contributed by atoms with Crippen LogP contribution in [-0.2, 0) is 26.1 Å². The van der Waals surface area contributed by atoms with Gasteiger partial charge < -0.3 is 23.5 Å². The van der Waals surface area contributed by atoms with E-state index < -0.39 is 18.3 Å². The average molecular weight is 454 g/mol. The van der Waals surface area contributed by atoms with Gasteiger partial charge in [-0.05, 0) is 32.6 Å². The molecule has 3 atom stereocenters. The highest BCUT2D eigenvalue weighted by atomic mass is 16.6. The number of likely N-dealkylation sites (N-methyl/N-ethyl adjacent to an activating group) is 1. The molecule has 1 aliphatic rings. The lowest BCUT2D eigenvalue weighted by Gasteiger charge is -2.39. The molecule has 0 N–H and O–H groups in total. The first kappa shape index (κ1) is 23.2. The second-order valence-corrected chi connectivity index (χ2v) is 8.50. The number of hydrogen-bond acceptors (Lipinski definition) is 7. The van der Waals surface area contributed by atoms with E-state index in [0.717, 1.165) is 28.0 Å². The molecule has 176 valence electrons. The summed E-state index contributed by atoms with van der Waals surface area (Å²) < 4.78 is 26.1. The zero-order valence-corrected chi connectivity index (χ0v) is 19.8. The summed E-state index contributed by atoms with van der Waals surface area (Å²) in [6.45, 7) is 2.89.